The van der Waals surface area contributed by atoms with Crippen molar-refractivity contribution in [1.29, 1.82) is 0 Å². The summed E-state index contributed by atoms with van der Waals surface area (Å²) >= 11 is 0. The number of hydrogen-bond donors (Lipinski definition) is 1. The van der Waals surface area contributed by atoms with E-state index in [2.05, 4.69) is 35.9 Å². The van der Waals surface area contributed by atoms with Gasteiger partial charge in [-0.1, -0.05) is 20.8 Å². The van der Waals surface area contributed by atoms with Crippen molar-refractivity contribution >= 4 is 11.5 Å². The number of aliphatic hydroxyl groups excluding tert-OH is 1. The molecule has 0 bridgehead atoms. The molecular weight excluding hydrogens is 282 g/mol. The normalized spacial score (nSPS) is 22.7. The van der Waals surface area contributed by atoms with Crippen LogP contribution in [0.3, 0.4) is 0 Å². The van der Waals surface area contributed by atoms with Gasteiger partial charge in [-0.05, 0) is 18.6 Å². The van der Waals surface area contributed by atoms with Gasteiger partial charge in [-0.2, -0.15) is 4.52 Å². The van der Waals surface area contributed by atoms with Crippen LogP contribution >= 0.6 is 0 Å². The van der Waals surface area contributed by atoms with Crippen molar-refractivity contribution in [2.45, 2.75) is 44.8 Å². The molecule has 0 spiro atoms. The van der Waals surface area contributed by atoms with Crippen LogP contribution in [0.4, 0.5) is 5.82 Å². The number of ether oxygens (including phenoxy) is 1. The summed E-state index contributed by atoms with van der Waals surface area (Å²) in [6.07, 6.45) is 0.929. The zero-order valence-corrected chi connectivity index (χ0v) is 13.5. The SMILES string of the molecule is CO[C@H]1C[C@@H](CO)N(c2ccc3nnc(C(C)(C)C)n3n2)C1. The highest BCUT2D eigenvalue weighted by Gasteiger charge is 2.33. The zero-order valence-electron chi connectivity index (χ0n) is 13.5. The molecule has 2 aromatic heterocycles. The lowest BCUT2D eigenvalue weighted by molar-refractivity contribution is 0.115. The topological polar surface area (TPSA) is 75.8 Å². The van der Waals surface area contributed by atoms with Crippen LogP contribution in [0.15, 0.2) is 12.1 Å². The fraction of sp³-hybridized carbons (Fsp3) is 0.667. The molecule has 22 heavy (non-hydrogen) atoms. The number of aromatic nitrogens is 4. The maximum Gasteiger partial charge on any atom is 0.178 e. The summed E-state index contributed by atoms with van der Waals surface area (Å²) in [5.41, 5.74) is 0.596. The van der Waals surface area contributed by atoms with Crippen molar-refractivity contribution in [2.24, 2.45) is 0 Å². The molecule has 3 rings (SSSR count). The zero-order chi connectivity index (χ0) is 15.9. The molecule has 0 radical (unpaired) electrons. The second-order valence-electron chi connectivity index (χ2n) is 6.82. The third-order valence-corrected chi connectivity index (χ3v) is 4.13. The predicted octanol–water partition coefficient (Wildman–Crippen LogP) is 1.01. The van der Waals surface area contributed by atoms with Gasteiger partial charge in [-0.25, -0.2) is 0 Å². The highest BCUT2D eigenvalue weighted by molar-refractivity contribution is 5.48. The Bertz CT molecular complexity index is 663. The molecule has 7 nitrogen and oxygen atoms in total. The lowest BCUT2D eigenvalue weighted by atomic mass is 9.96. The van der Waals surface area contributed by atoms with E-state index in [4.69, 9.17) is 9.84 Å². The van der Waals surface area contributed by atoms with Crippen molar-refractivity contribution < 1.29 is 9.84 Å². The Morgan fingerprint density at radius 3 is 2.73 bits per heavy atom. The molecule has 1 fully saturated rings. The Morgan fingerprint density at radius 1 is 1.32 bits per heavy atom. The molecule has 0 aliphatic carbocycles. The third-order valence-electron chi connectivity index (χ3n) is 4.13. The largest absolute Gasteiger partial charge is 0.394 e. The van der Waals surface area contributed by atoms with E-state index >= 15 is 0 Å². The minimum Gasteiger partial charge on any atom is -0.394 e. The molecule has 0 saturated carbocycles. The van der Waals surface area contributed by atoms with Crippen molar-refractivity contribution in [3.8, 4) is 0 Å². The van der Waals surface area contributed by atoms with E-state index in [-0.39, 0.29) is 24.2 Å². The molecule has 0 aromatic carbocycles. The van der Waals surface area contributed by atoms with Crippen LogP contribution in [0.2, 0.25) is 0 Å². The van der Waals surface area contributed by atoms with Crippen LogP contribution in [0.5, 0.6) is 0 Å². The summed E-state index contributed by atoms with van der Waals surface area (Å²) in [6.45, 7) is 7.09. The van der Waals surface area contributed by atoms with Crippen LogP contribution in [-0.2, 0) is 10.2 Å². The first kappa shape index (κ1) is 15.2. The molecular formula is C15H23N5O2. The van der Waals surface area contributed by atoms with E-state index in [0.29, 0.717) is 0 Å². The van der Waals surface area contributed by atoms with E-state index in [1.807, 2.05) is 12.1 Å². The van der Waals surface area contributed by atoms with Crippen molar-refractivity contribution in [1.82, 2.24) is 19.8 Å². The molecule has 2 atom stereocenters. The second-order valence-corrected chi connectivity index (χ2v) is 6.82. The molecule has 1 aliphatic heterocycles. The smallest absolute Gasteiger partial charge is 0.178 e. The molecule has 1 aliphatic rings. The summed E-state index contributed by atoms with van der Waals surface area (Å²) in [5, 5.41) is 22.8. The summed E-state index contributed by atoms with van der Waals surface area (Å²) < 4.78 is 7.23. The van der Waals surface area contributed by atoms with Gasteiger partial charge < -0.3 is 14.7 Å². The summed E-state index contributed by atoms with van der Waals surface area (Å²) in [6, 6.07) is 3.88. The number of nitrogens with zero attached hydrogens (tertiary/aromatic N) is 5. The highest BCUT2D eigenvalue weighted by Crippen LogP contribution is 2.27. The van der Waals surface area contributed by atoms with Gasteiger partial charge in [0.1, 0.15) is 5.82 Å². The van der Waals surface area contributed by atoms with Gasteiger partial charge in [0.15, 0.2) is 11.5 Å². The van der Waals surface area contributed by atoms with E-state index < -0.39 is 0 Å². The predicted molar refractivity (Wildman–Crippen MR) is 83.1 cm³/mol. The molecule has 120 valence electrons. The Hall–Kier alpha value is -1.73. The van der Waals surface area contributed by atoms with Crippen LogP contribution in [0, 0.1) is 0 Å². The number of anilines is 1. The Morgan fingerprint density at radius 2 is 2.09 bits per heavy atom. The molecule has 2 aromatic rings. The minimum absolute atomic E-state index is 0.0319. The first-order chi connectivity index (χ1) is 10.4. The van der Waals surface area contributed by atoms with Crippen molar-refractivity contribution in [3.63, 3.8) is 0 Å². The fourth-order valence-corrected chi connectivity index (χ4v) is 2.90. The van der Waals surface area contributed by atoms with Gasteiger partial charge in [0.05, 0.1) is 18.8 Å². The lowest BCUT2D eigenvalue weighted by Crippen LogP contribution is -2.33. The number of hydrogen-bond acceptors (Lipinski definition) is 6. The third kappa shape index (κ3) is 2.55. The molecule has 7 heteroatoms. The van der Waals surface area contributed by atoms with Gasteiger partial charge >= 0.3 is 0 Å². The maximum atomic E-state index is 9.61. The first-order valence-electron chi connectivity index (χ1n) is 7.57. The van der Waals surface area contributed by atoms with Crippen LogP contribution in [0.1, 0.15) is 33.0 Å². The highest BCUT2D eigenvalue weighted by atomic mass is 16.5. The number of aliphatic hydroxyl groups is 1. The fourth-order valence-electron chi connectivity index (χ4n) is 2.90. The molecule has 1 N–H and O–H groups in total. The minimum atomic E-state index is -0.137. The Balaban J connectivity index is 2.01. The van der Waals surface area contributed by atoms with E-state index in [9.17, 15) is 5.11 Å². The molecule has 1 saturated heterocycles. The molecule has 0 unspecified atom stereocenters. The van der Waals surface area contributed by atoms with Gasteiger partial charge in [0.25, 0.3) is 0 Å². The number of methoxy groups -OCH3 is 1. The van der Waals surface area contributed by atoms with E-state index in [1.54, 1.807) is 11.6 Å². The lowest BCUT2D eigenvalue weighted by Gasteiger charge is -2.24. The maximum absolute atomic E-state index is 9.61. The average Bonchev–Trinajstić information content (AvgIpc) is 3.09. The van der Waals surface area contributed by atoms with Crippen molar-refractivity contribution in [3.05, 3.63) is 18.0 Å². The summed E-state index contributed by atoms with van der Waals surface area (Å²) in [4.78, 5) is 2.10. The molecule has 0 amide bonds. The van der Waals surface area contributed by atoms with E-state index in [1.165, 1.54) is 0 Å². The quantitative estimate of drug-likeness (QED) is 0.912. The number of fused-ring (bicyclic) bond motifs is 1. The van der Waals surface area contributed by atoms with Crippen LogP contribution < -0.4 is 4.90 Å². The average molecular weight is 305 g/mol. The summed E-state index contributed by atoms with van der Waals surface area (Å²) in [7, 11) is 1.71. The van der Waals surface area contributed by atoms with Gasteiger partial charge in [0.2, 0.25) is 0 Å². The van der Waals surface area contributed by atoms with Crippen LogP contribution in [0.25, 0.3) is 5.65 Å². The summed E-state index contributed by atoms with van der Waals surface area (Å²) in [5.74, 6) is 1.64. The second kappa shape index (κ2) is 5.48. The Kier molecular flexibility index (Phi) is 3.78. The van der Waals surface area contributed by atoms with Crippen LogP contribution in [-0.4, -0.2) is 57.3 Å². The Labute approximate surface area is 129 Å². The van der Waals surface area contributed by atoms with Gasteiger partial charge in [-0.3, -0.25) is 0 Å². The number of rotatable bonds is 3. The standard InChI is InChI=1S/C15H23N5O2/c1-15(2,3)14-17-16-12-5-6-13(18-20(12)14)19-8-11(22-4)7-10(19)9-21/h5-6,10-11,21H,7-9H2,1-4H3/t10-,11-/m0/s1. The monoisotopic (exact) mass is 305 g/mol. The van der Waals surface area contributed by atoms with E-state index in [0.717, 1.165) is 30.3 Å². The van der Waals surface area contributed by atoms with Gasteiger partial charge in [0, 0.05) is 19.1 Å². The van der Waals surface area contributed by atoms with Crippen molar-refractivity contribution in [2.75, 3.05) is 25.2 Å². The van der Waals surface area contributed by atoms with Gasteiger partial charge in [-0.15, -0.1) is 15.3 Å². The molecule has 3 heterocycles. The first-order valence-corrected chi connectivity index (χ1v) is 7.57.